The Labute approximate surface area is 452 Å². The highest BCUT2D eigenvalue weighted by Gasteiger charge is 2.33. The van der Waals surface area contributed by atoms with Crippen LogP contribution in [-0.2, 0) is 6.18 Å². The molecule has 0 spiro atoms. The van der Waals surface area contributed by atoms with E-state index in [1.165, 1.54) is 6.07 Å². The lowest BCUT2D eigenvalue weighted by Gasteiger charge is -2.22. The van der Waals surface area contributed by atoms with Crippen molar-refractivity contribution in [2.24, 2.45) is 0 Å². The van der Waals surface area contributed by atoms with Crippen LogP contribution < -0.4 is 0 Å². The van der Waals surface area contributed by atoms with Gasteiger partial charge < -0.3 is 9.13 Å². The molecule has 12 rings (SSSR count). The Morgan fingerprint density at radius 2 is 0.590 bits per heavy atom. The molecule has 7 heteroatoms. The number of nitriles is 2. The summed E-state index contributed by atoms with van der Waals surface area (Å²) in [4.78, 5) is 0. The largest absolute Gasteiger partial charge is 0.416 e. The summed E-state index contributed by atoms with van der Waals surface area (Å²) in [5.41, 5.74) is 21.4. The molecule has 78 heavy (non-hydrogen) atoms. The Morgan fingerprint density at radius 1 is 0.308 bits per heavy atom. The molecule has 0 aliphatic rings. The monoisotopic (exact) mass is 1020 g/mol. The molecule has 2 heterocycles. The number of hydrogen-bond acceptors (Lipinski definition) is 2. The van der Waals surface area contributed by atoms with Crippen molar-refractivity contribution >= 4 is 43.6 Å². The summed E-state index contributed by atoms with van der Waals surface area (Å²) in [7, 11) is 0. The Bertz CT molecular complexity index is 4060. The van der Waals surface area contributed by atoms with Crippen molar-refractivity contribution in [2.45, 2.75) is 61.6 Å². The van der Waals surface area contributed by atoms with E-state index in [2.05, 4.69) is 222 Å². The van der Waals surface area contributed by atoms with E-state index in [0.717, 1.165) is 145 Å². The highest BCUT2D eigenvalue weighted by Crippen LogP contribution is 2.47. The van der Waals surface area contributed by atoms with Crippen LogP contribution in [-0.4, -0.2) is 9.13 Å². The molecular formula is C71H53F3N4. The number of alkyl halides is 3. The smallest absolute Gasteiger partial charge is 0.308 e. The van der Waals surface area contributed by atoms with Crippen LogP contribution >= 0.6 is 0 Å². The summed E-state index contributed by atoms with van der Waals surface area (Å²) >= 11 is 0. The molecule has 0 unspecified atom stereocenters. The summed E-state index contributed by atoms with van der Waals surface area (Å²) in [5.74, 6) is 0. The third-order valence-corrected chi connectivity index (χ3v) is 15.1. The zero-order valence-electron chi connectivity index (χ0n) is 44.7. The minimum absolute atomic E-state index is 0.141. The van der Waals surface area contributed by atoms with Gasteiger partial charge in [-0.1, -0.05) is 142 Å². The highest BCUT2D eigenvalue weighted by molar-refractivity contribution is 6.14. The second-order valence-electron chi connectivity index (χ2n) is 21.5. The van der Waals surface area contributed by atoms with E-state index >= 15 is 13.2 Å². The summed E-state index contributed by atoms with van der Waals surface area (Å²) in [6.07, 6.45) is -4.78. The van der Waals surface area contributed by atoms with Crippen molar-refractivity contribution in [3.8, 4) is 79.1 Å². The number of nitrogens with zero attached hydrogens (tertiary/aromatic N) is 4. The predicted octanol–water partition coefficient (Wildman–Crippen LogP) is 19.4. The Balaban J connectivity index is 1.23. The lowest BCUT2D eigenvalue weighted by atomic mass is 9.94. The van der Waals surface area contributed by atoms with Crippen molar-refractivity contribution in [1.82, 2.24) is 9.13 Å². The summed E-state index contributed by atoms with van der Waals surface area (Å²) in [6, 6.07) is 63.2. The van der Waals surface area contributed by atoms with Crippen LogP contribution in [0.1, 0.15) is 61.2 Å². The summed E-state index contributed by atoms with van der Waals surface area (Å²) in [5, 5.41) is 25.4. The first kappa shape index (κ1) is 49.4. The Hall–Kier alpha value is -9.43. The predicted molar refractivity (Wildman–Crippen MR) is 315 cm³/mol. The quantitative estimate of drug-likeness (QED) is 0.160. The lowest BCUT2D eigenvalue weighted by molar-refractivity contribution is -0.137. The zero-order chi connectivity index (χ0) is 54.5. The maximum atomic E-state index is 15.2. The molecule has 378 valence electrons. The number of aromatic nitrogens is 2. The molecule has 0 N–H and O–H groups in total. The third-order valence-electron chi connectivity index (χ3n) is 15.1. The van der Waals surface area contributed by atoms with E-state index in [0.29, 0.717) is 22.5 Å². The van der Waals surface area contributed by atoms with Gasteiger partial charge in [0.2, 0.25) is 0 Å². The van der Waals surface area contributed by atoms with Crippen molar-refractivity contribution < 1.29 is 13.2 Å². The molecule has 10 aromatic carbocycles. The van der Waals surface area contributed by atoms with Gasteiger partial charge in [-0.25, -0.2) is 0 Å². The summed E-state index contributed by atoms with van der Waals surface area (Å²) < 4.78 is 49.9. The molecule has 2 aromatic heterocycles. The normalized spacial score (nSPS) is 11.8. The van der Waals surface area contributed by atoms with E-state index < -0.39 is 11.7 Å². The third kappa shape index (κ3) is 8.78. The molecule has 0 amide bonds. The average Bonchev–Trinajstić information content (AvgIpc) is 4.04. The molecule has 4 nitrogen and oxygen atoms in total. The minimum atomic E-state index is -4.78. The topological polar surface area (TPSA) is 57.4 Å². The number of halogens is 3. The zero-order valence-corrected chi connectivity index (χ0v) is 44.7. The number of benzene rings is 10. The van der Waals surface area contributed by atoms with Crippen molar-refractivity contribution in [3.63, 3.8) is 0 Å². The first-order chi connectivity index (χ1) is 37.4. The fourth-order valence-corrected chi connectivity index (χ4v) is 12.2. The van der Waals surface area contributed by atoms with Crippen LogP contribution in [0.5, 0.6) is 0 Å². The molecule has 0 bridgehead atoms. The minimum Gasteiger partial charge on any atom is -0.308 e. The number of fused-ring (bicyclic) bond motifs is 6. The highest BCUT2D eigenvalue weighted by atomic mass is 19.4. The first-order valence-electron chi connectivity index (χ1n) is 26.1. The van der Waals surface area contributed by atoms with Gasteiger partial charge in [0.1, 0.15) is 0 Å². The van der Waals surface area contributed by atoms with E-state index in [4.69, 9.17) is 0 Å². The van der Waals surface area contributed by atoms with Gasteiger partial charge in [0.15, 0.2) is 0 Å². The molecule has 0 aliphatic heterocycles. The van der Waals surface area contributed by atoms with Crippen LogP contribution in [0, 0.1) is 78.1 Å². The molecule has 0 saturated carbocycles. The fraction of sp³-hybridized carbons (Fsp3) is 0.127. The van der Waals surface area contributed by atoms with Crippen molar-refractivity contribution in [3.05, 3.63) is 237 Å². The first-order valence-corrected chi connectivity index (χ1v) is 26.1. The van der Waals surface area contributed by atoms with Crippen LogP contribution in [0.25, 0.3) is 111 Å². The van der Waals surface area contributed by atoms with Crippen LogP contribution in [0.4, 0.5) is 13.2 Å². The van der Waals surface area contributed by atoms with Gasteiger partial charge in [-0.05, 0) is 184 Å². The molecule has 0 radical (unpaired) electrons. The standard InChI is InChI=1S/C71H53F3N4/c1-40-17-41(2)22-54(21-40)50-9-13-64-60(34-50)61-35-51(55-23-42(3)18-43(4)24-55)10-14-65(61)77(64)68-31-49(39-76)32-69(70(68)58-29-48(38-75)30-59(33-58)71(72,73)74)78-66-15-11-52(56-25-44(5)19-45(6)26-56)36-62(66)63-37-53(12-16-67(63)78)57-27-46(7)20-47(8)28-57/h9-37H,1-8H3. The average molecular weight is 1020 g/mol. The number of rotatable bonds is 7. The van der Waals surface area contributed by atoms with Gasteiger partial charge in [0.05, 0.1) is 62.3 Å². The van der Waals surface area contributed by atoms with E-state index in [1.54, 1.807) is 12.1 Å². The van der Waals surface area contributed by atoms with E-state index in [9.17, 15) is 10.5 Å². The van der Waals surface area contributed by atoms with Crippen molar-refractivity contribution in [2.75, 3.05) is 0 Å². The Kier molecular flexibility index (Phi) is 11.8. The van der Waals surface area contributed by atoms with Gasteiger partial charge in [-0.2, -0.15) is 23.7 Å². The fourth-order valence-electron chi connectivity index (χ4n) is 12.2. The lowest BCUT2D eigenvalue weighted by Crippen LogP contribution is -2.08. The number of aryl methyl sites for hydroxylation is 8. The van der Waals surface area contributed by atoms with Gasteiger partial charge in [-0.15, -0.1) is 0 Å². The molecule has 0 saturated heterocycles. The Morgan fingerprint density at radius 3 is 0.859 bits per heavy atom. The molecule has 0 fully saturated rings. The molecule has 12 aromatic rings. The van der Waals surface area contributed by atoms with E-state index in [-0.39, 0.29) is 11.1 Å². The SMILES string of the molecule is Cc1cc(C)cc(-c2ccc3c(c2)c2cc(-c4cc(C)cc(C)c4)ccc2n3-c2cc(C#N)cc(-n3c4ccc(-c5cc(C)cc(C)c5)cc4c4cc(-c5cc(C)cc(C)c5)ccc43)c2-c2cc(C#N)cc(C(F)(F)F)c2)c1. The second-order valence-corrected chi connectivity index (χ2v) is 21.5. The van der Waals surface area contributed by atoms with Gasteiger partial charge >= 0.3 is 6.18 Å². The van der Waals surface area contributed by atoms with Crippen LogP contribution in [0.2, 0.25) is 0 Å². The number of hydrogen-bond donors (Lipinski definition) is 0. The summed E-state index contributed by atoms with van der Waals surface area (Å²) in [6.45, 7) is 16.7. The maximum Gasteiger partial charge on any atom is 0.416 e. The van der Waals surface area contributed by atoms with Crippen LogP contribution in [0.15, 0.2) is 176 Å². The maximum absolute atomic E-state index is 15.2. The molecule has 0 atom stereocenters. The second kappa shape index (κ2) is 18.7. The van der Waals surface area contributed by atoms with Gasteiger partial charge in [-0.3, -0.25) is 0 Å². The van der Waals surface area contributed by atoms with Gasteiger partial charge in [0.25, 0.3) is 0 Å². The molecular weight excluding hydrogens is 966 g/mol. The van der Waals surface area contributed by atoms with Gasteiger partial charge in [0, 0.05) is 27.1 Å². The van der Waals surface area contributed by atoms with Crippen molar-refractivity contribution in [1.29, 1.82) is 10.5 Å². The molecule has 0 aliphatic carbocycles. The van der Waals surface area contributed by atoms with E-state index in [1.807, 2.05) is 0 Å². The van der Waals surface area contributed by atoms with Crippen LogP contribution in [0.3, 0.4) is 0 Å².